The Kier molecular flexibility index (Phi) is 6.85. The second-order valence-electron chi connectivity index (χ2n) is 7.76. The molecular weight excluding hydrogens is 314 g/mol. The van der Waals surface area contributed by atoms with Crippen LogP contribution in [0.3, 0.4) is 0 Å². The number of nitrogens with zero attached hydrogens (tertiary/aromatic N) is 1. The lowest BCUT2D eigenvalue weighted by Gasteiger charge is -2.45. The summed E-state index contributed by atoms with van der Waals surface area (Å²) in [6, 6.07) is 8.18. The van der Waals surface area contributed by atoms with E-state index in [1.54, 1.807) is 0 Å². The zero-order chi connectivity index (χ0) is 18.4. The Labute approximate surface area is 152 Å². The number of nitrogens with one attached hydrogen (secondary N) is 2. The van der Waals surface area contributed by atoms with Crippen LogP contribution in [0.5, 0.6) is 0 Å². The summed E-state index contributed by atoms with van der Waals surface area (Å²) >= 11 is 0. The molecule has 2 rings (SSSR count). The molecule has 0 bridgehead atoms. The second-order valence-corrected chi connectivity index (χ2v) is 7.76. The smallest absolute Gasteiger partial charge is 0.314 e. The minimum Gasteiger partial charge on any atom is -0.373 e. The molecule has 2 atom stereocenters. The first kappa shape index (κ1) is 19.7. The molecule has 0 spiro atoms. The van der Waals surface area contributed by atoms with Crippen LogP contribution in [0.2, 0.25) is 0 Å². The SMILES string of the molecule is Cc1ccccc1CCNC(=O)NCC(C)(C)N1C[C@H](C)O[C@@H](C)C1. The van der Waals surface area contributed by atoms with Crippen molar-refractivity contribution in [3.8, 4) is 0 Å². The van der Waals surface area contributed by atoms with Gasteiger partial charge in [0.2, 0.25) is 0 Å². The normalized spacial score (nSPS) is 21.8. The number of hydrogen-bond donors (Lipinski definition) is 2. The van der Waals surface area contributed by atoms with E-state index in [9.17, 15) is 4.79 Å². The summed E-state index contributed by atoms with van der Waals surface area (Å²) in [6.07, 6.45) is 1.30. The predicted octanol–water partition coefficient (Wildman–Crippen LogP) is 2.72. The lowest BCUT2D eigenvalue weighted by Crippen LogP contribution is -2.59. The van der Waals surface area contributed by atoms with Crippen LogP contribution < -0.4 is 10.6 Å². The molecule has 2 N–H and O–H groups in total. The molecule has 0 radical (unpaired) electrons. The number of benzene rings is 1. The topological polar surface area (TPSA) is 53.6 Å². The van der Waals surface area contributed by atoms with E-state index in [-0.39, 0.29) is 23.8 Å². The van der Waals surface area contributed by atoms with Gasteiger partial charge in [0.25, 0.3) is 0 Å². The molecule has 25 heavy (non-hydrogen) atoms. The average Bonchev–Trinajstić information content (AvgIpc) is 2.54. The molecule has 1 heterocycles. The standard InChI is InChI=1S/C20H33N3O2/c1-15-8-6-7-9-18(15)10-11-21-19(24)22-14-20(4,5)23-12-16(2)25-17(3)13-23/h6-9,16-17H,10-14H2,1-5H3,(H2,21,22,24)/t16-,17-/m0/s1. The van der Waals surface area contributed by atoms with E-state index in [1.807, 2.05) is 12.1 Å². The maximum absolute atomic E-state index is 12.1. The number of urea groups is 1. The van der Waals surface area contributed by atoms with Gasteiger partial charge in [-0.15, -0.1) is 0 Å². The third-order valence-electron chi connectivity index (χ3n) is 4.90. The van der Waals surface area contributed by atoms with E-state index in [2.05, 4.69) is 62.3 Å². The highest BCUT2D eigenvalue weighted by Gasteiger charge is 2.33. The summed E-state index contributed by atoms with van der Waals surface area (Å²) in [6.45, 7) is 13.7. The van der Waals surface area contributed by atoms with Crippen molar-refractivity contribution in [1.82, 2.24) is 15.5 Å². The molecule has 5 heteroatoms. The van der Waals surface area contributed by atoms with Crippen LogP contribution in [0.15, 0.2) is 24.3 Å². The van der Waals surface area contributed by atoms with E-state index in [0.29, 0.717) is 13.1 Å². The molecule has 140 valence electrons. The van der Waals surface area contributed by atoms with Gasteiger partial charge in [-0.3, -0.25) is 4.90 Å². The largest absolute Gasteiger partial charge is 0.373 e. The Balaban J connectivity index is 1.74. The third-order valence-corrected chi connectivity index (χ3v) is 4.90. The van der Waals surface area contributed by atoms with Crippen LogP contribution >= 0.6 is 0 Å². The predicted molar refractivity (Wildman–Crippen MR) is 102 cm³/mol. The van der Waals surface area contributed by atoms with Crippen molar-refractivity contribution < 1.29 is 9.53 Å². The van der Waals surface area contributed by atoms with Crippen LogP contribution in [-0.4, -0.2) is 54.9 Å². The highest BCUT2D eigenvalue weighted by Crippen LogP contribution is 2.20. The monoisotopic (exact) mass is 347 g/mol. The van der Waals surface area contributed by atoms with E-state index >= 15 is 0 Å². The maximum Gasteiger partial charge on any atom is 0.314 e. The van der Waals surface area contributed by atoms with E-state index in [4.69, 9.17) is 4.74 Å². The Bertz CT molecular complexity index is 564. The molecular formula is C20H33N3O2. The fourth-order valence-electron chi connectivity index (χ4n) is 3.34. The third kappa shape index (κ3) is 6.01. The van der Waals surface area contributed by atoms with Crippen molar-refractivity contribution in [3.63, 3.8) is 0 Å². The number of carbonyl (C=O) groups is 1. The summed E-state index contributed by atoms with van der Waals surface area (Å²) in [4.78, 5) is 14.5. The van der Waals surface area contributed by atoms with Crippen molar-refractivity contribution in [2.45, 2.75) is 58.8 Å². The first-order valence-corrected chi connectivity index (χ1v) is 9.24. The fourth-order valence-corrected chi connectivity index (χ4v) is 3.34. The van der Waals surface area contributed by atoms with Gasteiger partial charge in [-0.1, -0.05) is 24.3 Å². The lowest BCUT2D eigenvalue weighted by molar-refractivity contribution is -0.0947. The summed E-state index contributed by atoms with van der Waals surface area (Å²) in [5.74, 6) is 0. The van der Waals surface area contributed by atoms with E-state index in [0.717, 1.165) is 19.5 Å². The van der Waals surface area contributed by atoms with Crippen molar-refractivity contribution in [1.29, 1.82) is 0 Å². The van der Waals surface area contributed by atoms with Crippen molar-refractivity contribution in [2.24, 2.45) is 0 Å². The number of aryl methyl sites for hydroxylation is 1. The van der Waals surface area contributed by atoms with Crippen LogP contribution in [0.4, 0.5) is 4.79 Å². The highest BCUT2D eigenvalue weighted by atomic mass is 16.5. The first-order valence-electron chi connectivity index (χ1n) is 9.24. The van der Waals surface area contributed by atoms with Gasteiger partial charge >= 0.3 is 6.03 Å². The minimum absolute atomic E-state index is 0.0976. The molecule has 0 saturated carbocycles. The minimum atomic E-state index is -0.101. The summed E-state index contributed by atoms with van der Waals surface area (Å²) in [7, 11) is 0. The number of carbonyl (C=O) groups excluding carboxylic acids is 1. The van der Waals surface area contributed by atoms with Crippen LogP contribution in [0.25, 0.3) is 0 Å². The first-order chi connectivity index (χ1) is 11.8. The average molecular weight is 348 g/mol. The highest BCUT2D eigenvalue weighted by molar-refractivity contribution is 5.73. The lowest BCUT2D eigenvalue weighted by atomic mass is 10.00. The van der Waals surface area contributed by atoms with Gasteiger partial charge in [0.05, 0.1) is 12.2 Å². The molecule has 0 aliphatic carbocycles. The molecule has 1 aromatic carbocycles. The van der Waals surface area contributed by atoms with Crippen molar-refractivity contribution in [2.75, 3.05) is 26.2 Å². The summed E-state index contributed by atoms with van der Waals surface area (Å²) in [5, 5.41) is 5.98. The molecule has 0 aromatic heterocycles. The summed E-state index contributed by atoms with van der Waals surface area (Å²) in [5.41, 5.74) is 2.44. The number of ether oxygens (including phenoxy) is 1. The molecule has 0 unspecified atom stereocenters. The van der Waals surface area contributed by atoms with Gasteiger partial charge in [0.1, 0.15) is 0 Å². The van der Waals surface area contributed by atoms with Gasteiger partial charge in [0.15, 0.2) is 0 Å². The van der Waals surface area contributed by atoms with Crippen LogP contribution in [0, 0.1) is 6.92 Å². The molecule has 1 saturated heterocycles. The van der Waals surface area contributed by atoms with Crippen LogP contribution in [-0.2, 0) is 11.2 Å². The number of rotatable bonds is 6. The van der Waals surface area contributed by atoms with Gasteiger partial charge < -0.3 is 15.4 Å². The molecule has 2 amide bonds. The Morgan fingerprint density at radius 2 is 1.84 bits per heavy atom. The molecule has 5 nitrogen and oxygen atoms in total. The van der Waals surface area contributed by atoms with Gasteiger partial charge in [0, 0.05) is 31.7 Å². The number of amides is 2. The van der Waals surface area contributed by atoms with E-state index < -0.39 is 0 Å². The zero-order valence-electron chi connectivity index (χ0n) is 16.3. The Morgan fingerprint density at radius 1 is 1.20 bits per heavy atom. The molecule has 1 aliphatic rings. The van der Waals surface area contributed by atoms with Gasteiger partial charge in [-0.25, -0.2) is 4.79 Å². The maximum atomic E-state index is 12.1. The summed E-state index contributed by atoms with van der Waals surface area (Å²) < 4.78 is 5.80. The molecule has 1 aromatic rings. The van der Waals surface area contributed by atoms with Crippen molar-refractivity contribution >= 4 is 6.03 Å². The molecule has 1 aliphatic heterocycles. The fraction of sp³-hybridized carbons (Fsp3) is 0.650. The number of morpholine rings is 1. The van der Waals surface area contributed by atoms with Gasteiger partial charge in [-0.05, 0) is 52.2 Å². The zero-order valence-corrected chi connectivity index (χ0v) is 16.3. The van der Waals surface area contributed by atoms with Crippen LogP contribution in [0.1, 0.15) is 38.8 Å². The van der Waals surface area contributed by atoms with E-state index in [1.165, 1.54) is 11.1 Å². The molecule has 1 fully saturated rings. The van der Waals surface area contributed by atoms with Crippen molar-refractivity contribution in [3.05, 3.63) is 35.4 Å². The number of hydrogen-bond acceptors (Lipinski definition) is 3. The Hall–Kier alpha value is -1.59. The van der Waals surface area contributed by atoms with Gasteiger partial charge in [-0.2, -0.15) is 0 Å². The quantitative estimate of drug-likeness (QED) is 0.832. The second kappa shape index (κ2) is 8.68. The Morgan fingerprint density at radius 3 is 2.48 bits per heavy atom.